The number of carbonyl (C=O) groups is 2. The molecule has 1 aliphatic heterocycles. The number of hydrogen-bond acceptors (Lipinski definition) is 4. The van der Waals surface area contributed by atoms with Gasteiger partial charge in [0.1, 0.15) is 5.60 Å². The summed E-state index contributed by atoms with van der Waals surface area (Å²) in [7, 11) is 0. The molecule has 134 valence electrons. The van der Waals surface area contributed by atoms with E-state index in [9.17, 15) is 9.59 Å². The van der Waals surface area contributed by atoms with Crippen molar-refractivity contribution >= 4 is 12.0 Å². The number of hydrogen-bond donors (Lipinski definition) is 1. The van der Waals surface area contributed by atoms with Gasteiger partial charge in [-0.3, -0.25) is 4.79 Å². The van der Waals surface area contributed by atoms with Crippen LogP contribution in [-0.2, 0) is 9.53 Å². The van der Waals surface area contributed by atoms with E-state index in [0.717, 1.165) is 19.4 Å². The molecule has 0 aromatic carbocycles. The molecule has 0 aliphatic carbocycles. The Morgan fingerprint density at radius 2 is 1.91 bits per heavy atom. The molecule has 1 unspecified atom stereocenters. The van der Waals surface area contributed by atoms with Gasteiger partial charge in [-0.1, -0.05) is 0 Å². The lowest BCUT2D eigenvalue weighted by Crippen LogP contribution is -2.50. The molecule has 1 heterocycles. The standard InChI is InChI=1S/C17H33N3O3/c1-12(2)20(16(22)23-17(4,5)6)11-14-8-7-9-19(10-14)15(21)13(3)18/h12-14H,7-11,18H2,1-6H3/t13-,14?/m0/s1. The first-order chi connectivity index (χ1) is 10.5. The zero-order chi connectivity index (χ0) is 17.8. The largest absolute Gasteiger partial charge is 0.444 e. The summed E-state index contributed by atoms with van der Waals surface area (Å²) < 4.78 is 5.50. The molecule has 1 rings (SSSR count). The number of nitrogens with zero attached hydrogens (tertiary/aromatic N) is 2. The lowest BCUT2D eigenvalue weighted by atomic mass is 9.96. The Bertz CT molecular complexity index is 416. The normalized spacial score (nSPS) is 20.3. The first-order valence-corrected chi connectivity index (χ1v) is 8.55. The van der Waals surface area contributed by atoms with Gasteiger partial charge in [0.05, 0.1) is 6.04 Å². The van der Waals surface area contributed by atoms with E-state index in [2.05, 4.69) is 0 Å². The molecule has 2 N–H and O–H groups in total. The Kier molecular flexibility index (Phi) is 6.86. The van der Waals surface area contributed by atoms with Crippen molar-refractivity contribution in [1.29, 1.82) is 0 Å². The molecule has 0 aromatic heterocycles. The Balaban J connectivity index is 2.69. The van der Waals surface area contributed by atoms with Crippen molar-refractivity contribution in [2.24, 2.45) is 11.7 Å². The fourth-order valence-electron chi connectivity index (χ4n) is 2.80. The van der Waals surface area contributed by atoms with Crippen LogP contribution >= 0.6 is 0 Å². The van der Waals surface area contributed by atoms with Crippen molar-refractivity contribution in [1.82, 2.24) is 9.80 Å². The van der Waals surface area contributed by atoms with Gasteiger partial charge in [-0.05, 0) is 60.3 Å². The second kappa shape index (κ2) is 7.99. The van der Waals surface area contributed by atoms with Gasteiger partial charge in [-0.15, -0.1) is 0 Å². The monoisotopic (exact) mass is 327 g/mol. The molecule has 0 saturated carbocycles. The third kappa shape index (κ3) is 6.37. The van der Waals surface area contributed by atoms with Crippen LogP contribution in [-0.4, -0.2) is 59.1 Å². The van der Waals surface area contributed by atoms with Crippen LogP contribution in [0.4, 0.5) is 4.79 Å². The molecule has 0 bridgehead atoms. The Morgan fingerprint density at radius 1 is 1.30 bits per heavy atom. The molecule has 1 fully saturated rings. The maximum absolute atomic E-state index is 12.4. The first kappa shape index (κ1) is 19.7. The van der Waals surface area contributed by atoms with Gasteiger partial charge in [0.2, 0.25) is 5.91 Å². The van der Waals surface area contributed by atoms with Crippen molar-refractivity contribution < 1.29 is 14.3 Å². The predicted molar refractivity (Wildman–Crippen MR) is 91.0 cm³/mol. The van der Waals surface area contributed by atoms with Crippen LogP contribution in [0.1, 0.15) is 54.4 Å². The van der Waals surface area contributed by atoms with Crippen molar-refractivity contribution in [3.05, 3.63) is 0 Å². The summed E-state index contributed by atoms with van der Waals surface area (Å²) in [6.07, 6.45) is 1.67. The van der Waals surface area contributed by atoms with Gasteiger partial charge in [0.25, 0.3) is 0 Å². The van der Waals surface area contributed by atoms with Crippen molar-refractivity contribution in [2.45, 2.75) is 72.1 Å². The molecule has 23 heavy (non-hydrogen) atoms. The molecule has 0 radical (unpaired) electrons. The third-order valence-electron chi connectivity index (χ3n) is 3.93. The molecular formula is C17H33N3O3. The topological polar surface area (TPSA) is 75.9 Å². The lowest BCUT2D eigenvalue weighted by molar-refractivity contribution is -0.134. The fraction of sp³-hybridized carbons (Fsp3) is 0.882. The molecular weight excluding hydrogens is 294 g/mol. The minimum atomic E-state index is -0.506. The third-order valence-corrected chi connectivity index (χ3v) is 3.93. The van der Waals surface area contributed by atoms with E-state index in [1.807, 2.05) is 39.5 Å². The number of likely N-dealkylation sites (tertiary alicyclic amines) is 1. The van der Waals surface area contributed by atoms with E-state index >= 15 is 0 Å². The zero-order valence-corrected chi connectivity index (χ0v) is 15.5. The van der Waals surface area contributed by atoms with Crippen molar-refractivity contribution in [2.75, 3.05) is 19.6 Å². The highest BCUT2D eigenvalue weighted by molar-refractivity contribution is 5.81. The minimum absolute atomic E-state index is 0.0111. The number of carbonyl (C=O) groups excluding carboxylic acids is 2. The molecule has 0 aromatic rings. The summed E-state index contributed by atoms with van der Waals surface area (Å²) in [4.78, 5) is 28.1. The molecule has 0 spiro atoms. The quantitative estimate of drug-likeness (QED) is 0.859. The average molecular weight is 327 g/mol. The predicted octanol–water partition coefficient (Wildman–Crippen LogP) is 2.22. The van der Waals surface area contributed by atoms with E-state index in [4.69, 9.17) is 10.5 Å². The molecule has 6 heteroatoms. The van der Waals surface area contributed by atoms with E-state index in [1.165, 1.54) is 0 Å². The van der Waals surface area contributed by atoms with E-state index in [1.54, 1.807) is 11.8 Å². The van der Waals surface area contributed by atoms with Gasteiger partial charge >= 0.3 is 6.09 Å². The van der Waals surface area contributed by atoms with E-state index < -0.39 is 11.6 Å². The van der Waals surface area contributed by atoms with Crippen molar-refractivity contribution in [3.8, 4) is 0 Å². The van der Waals surface area contributed by atoms with Crippen LogP contribution in [0.25, 0.3) is 0 Å². The van der Waals surface area contributed by atoms with Crippen LogP contribution in [0.2, 0.25) is 0 Å². The van der Waals surface area contributed by atoms with Gasteiger partial charge in [-0.25, -0.2) is 4.79 Å². The molecule has 1 aliphatic rings. The maximum Gasteiger partial charge on any atom is 0.410 e. The van der Waals surface area contributed by atoms with Crippen LogP contribution in [0.3, 0.4) is 0 Å². The van der Waals surface area contributed by atoms with E-state index in [0.29, 0.717) is 13.1 Å². The fourth-order valence-corrected chi connectivity index (χ4v) is 2.80. The Morgan fingerprint density at radius 3 is 2.39 bits per heavy atom. The smallest absolute Gasteiger partial charge is 0.410 e. The molecule has 6 nitrogen and oxygen atoms in total. The summed E-state index contributed by atoms with van der Waals surface area (Å²) in [5, 5.41) is 0. The highest BCUT2D eigenvalue weighted by atomic mass is 16.6. The molecule has 2 atom stereocenters. The number of amides is 2. The van der Waals surface area contributed by atoms with Crippen LogP contribution in [0.5, 0.6) is 0 Å². The SMILES string of the molecule is CC(C)N(CC1CCCN(C(=O)[C@H](C)N)C1)C(=O)OC(C)(C)C. The van der Waals surface area contributed by atoms with Crippen molar-refractivity contribution in [3.63, 3.8) is 0 Å². The summed E-state index contributed by atoms with van der Waals surface area (Å²) in [5.41, 5.74) is 5.20. The summed E-state index contributed by atoms with van der Waals surface area (Å²) in [6.45, 7) is 13.3. The Hall–Kier alpha value is -1.30. The summed E-state index contributed by atoms with van der Waals surface area (Å²) in [5.74, 6) is 0.254. The van der Waals surface area contributed by atoms with Gasteiger partial charge < -0.3 is 20.3 Å². The second-order valence-corrected chi connectivity index (χ2v) is 7.81. The number of piperidine rings is 1. The molecule has 1 saturated heterocycles. The van der Waals surface area contributed by atoms with Crippen LogP contribution in [0, 0.1) is 5.92 Å². The summed E-state index contributed by atoms with van der Waals surface area (Å²) in [6, 6.07) is -0.412. The average Bonchev–Trinajstić information content (AvgIpc) is 2.41. The number of nitrogens with two attached hydrogens (primary N) is 1. The van der Waals surface area contributed by atoms with Crippen LogP contribution < -0.4 is 5.73 Å². The van der Waals surface area contributed by atoms with Gasteiger partial charge in [0, 0.05) is 25.7 Å². The first-order valence-electron chi connectivity index (χ1n) is 8.55. The molecule has 2 amide bonds. The van der Waals surface area contributed by atoms with E-state index in [-0.39, 0.29) is 24.0 Å². The highest BCUT2D eigenvalue weighted by Gasteiger charge is 2.30. The van der Waals surface area contributed by atoms with Gasteiger partial charge in [-0.2, -0.15) is 0 Å². The van der Waals surface area contributed by atoms with Gasteiger partial charge in [0.15, 0.2) is 0 Å². The summed E-state index contributed by atoms with van der Waals surface area (Å²) >= 11 is 0. The minimum Gasteiger partial charge on any atom is -0.444 e. The number of ether oxygens (including phenoxy) is 1. The maximum atomic E-state index is 12.4. The lowest BCUT2D eigenvalue weighted by Gasteiger charge is -2.38. The second-order valence-electron chi connectivity index (χ2n) is 7.81. The zero-order valence-electron chi connectivity index (χ0n) is 15.5. The van der Waals surface area contributed by atoms with Crippen LogP contribution in [0.15, 0.2) is 0 Å². The Labute approximate surface area is 140 Å². The highest BCUT2D eigenvalue weighted by Crippen LogP contribution is 2.21. The number of rotatable bonds is 4.